The van der Waals surface area contributed by atoms with E-state index in [2.05, 4.69) is 13.5 Å². The largest absolute Gasteiger partial charge is 0.390 e. The van der Waals surface area contributed by atoms with Crippen LogP contribution in [0.2, 0.25) is 0 Å². The normalized spacial score (nSPS) is 39.1. The highest BCUT2D eigenvalue weighted by molar-refractivity contribution is 5.96. The van der Waals surface area contributed by atoms with Crippen molar-refractivity contribution in [2.24, 2.45) is 17.3 Å². The van der Waals surface area contributed by atoms with Gasteiger partial charge >= 0.3 is 0 Å². The molecule has 0 aromatic rings. The van der Waals surface area contributed by atoms with Gasteiger partial charge in [-0.2, -0.15) is 0 Å². The minimum atomic E-state index is -0.637. The molecule has 2 nitrogen and oxygen atoms in total. The molecular weight excluding hydrogens is 212 g/mol. The molecule has 0 spiro atoms. The third-order valence-electron chi connectivity index (χ3n) is 5.13. The molecule has 1 unspecified atom stereocenters. The van der Waals surface area contributed by atoms with Crippen LogP contribution in [0.1, 0.15) is 52.9 Å². The Labute approximate surface area is 104 Å². The van der Waals surface area contributed by atoms with E-state index >= 15 is 0 Å². The Hall–Kier alpha value is -0.630. The highest BCUT2D eigenvalue weighted by Gasteiger charge is 2.47. The summed E-state index contributed by atoms with van der Waals surface area (Å²) in [6.07, 6.45) is 4.76. The topological polar surface area (TPSA) is 37.3 Å². The number of Topliss-reactive ketones (excluding diaryl/α,β-unsaturated/α-hetero) is 1. The quantitative estimate of drug-likeness (QED) is 0.710. The standard InChI is InChI=1S/C15H24O2/c1-10-12-9-11(14(2,3)17)5-7-15(12,4)8-6-13(10)16/h11-12,17H,1,5-9H2,2-4H3/t11-,12?,15+/m1/s1. The van der Waals surface area contributed by atoms with Crippen LogP contribution >= 0.6 is 0 Å². The molecule has 96 valence electrons. The molecule has 0 heterocycles. The second-order valence-corrected chi connectivity index (χ2v) is 6.78. The summed E-state index contributed by atoms with van der Waals surface area (Å²) in [7, 11) is 0. The third-order valence-corrected chi connectivity index (χ3v) is 5.13. The summed E-state index contributed by atoms with van der Waals surface area (Å²) in [4.78, 5) is 11.8. The van der Waals surface area contributed by atoms with Crippen molar-refractivity contribution >= 4 is 5.78 Å². The third kappa shape index (κ3) is 2.20. The molecule has 0 aliphatic heterocycles. The summed E-state index contributed by atoms with van der Waals surface area (Å²) in [6.45, 7) is 10.1. The molecule has 1 N–H and O–H groups in total. The molecule has 2 rings (SSSR count). The molecule has 2 fully saturated rings. The zero-order chi connectivity index (χ0) is 12.8. The first-order chi connectivity index (χ1) is 7.74. The van der Waals surface area contributed by atoms with Gasteiger partial charge in [-0.05, 0) is 62.4 Å². The molecule has 0 amide bonds. The first kappa shape index (κ1) is 12.8. The number of ketones is 1. The van der Waals surface area contributed by atoms with Gasteiger partial charge < -0.3 is 5.11 Å². The van der Waals surface area contributed by atoms with Crippen molar-refractivity contribution in [1.29, 1.82) is 0 Å². The fraction of sp³-hybridized carbons (Fsp3) is 0.800. The molecule has 2 aliphatic rings. The maximum atomic E-state index is 11.8. The minimum absolute atomic E-state index is 0.240. The summed E-state index contributed by atoms with van der Waals surface area (Å²) >= 11 is 0. The van der Waals surface area contributed by atoms with Crippen LogP contribution in [0.4, 0.5) is 0 Å². The first-order valence-electron chi connectivity index (χ1n) is 6.68. The Kier molecular flexibility index (Phi) is 2.97. The Morgan fingerprint density at radius 3 is 2.65 bits per heavy atom. The molecule has 3 atom stereocenters. The van der Waals surface area contributed by atoms with E-state index in [1.165, 1.54) is 0 Å². The Balaban J connectivity index is 2.21. The Bertz CT molecular complexity index is 350. The van der Waals surface area contributed by atoms with Crippen LogP contribution in [0.5, 0.6) is 0 Å². The molecule has 0 aromatic carbocycles. The molecule has 0 radical (unpaired) electrons. The Morgan fingerprint density at radius 1 is 1.41 bits per heavy atom. The van der Waals surface area contributed by atoms with E-state index in [1.54, 1.807) is 0 Å². The van der Waals surface area contributed by atoms with Gasteiger partial charge in [-0.1, -0.05) is 13.5 Å². The van der Waals surface area contributed by atoms with E-state index < -0.39 is 5.60 Å². The highest BCUT2D eigenvalue weighted by atomic mass is 16.3. The van der Waals surface area contributed by atoms with Gasteiger partial charge in [0.2, 0.25) is 0 Å². The molecule has 0 saturated heterocycles. The summed E-state index contributed by atoms with van der Waals surface area (Å²) in [5.74, 6) is 0.820. The van der Waals surface area contributed by atoms with Crippen LogP contribution in [0.3, 0.4) is 0 Å². The molecule has 17 heavy (non-hydrogen) atoms. The van der Waals surface area contributed by atoms with Crippen molar-refractivity contribution in [1.82, 2.24) is 0 Å². The van der Waals surface area contributed by atoms with E-state index in [1.807, 2.05) is 13.8 Å². The number of fused-ring (bicyclic) bond motifs is 1. The summed E-state index contributed by atoms with van der Waals surface area (Å²) < 4.78 is 0. The summed E-state index contributed by atoms with van der Waals surface area (Å²) in [6, 6.07) is 0. The van der Waals surface area contributed by atoms with Gasteiger partial charge in [0.15, 0.2) is 5.78 Å². The predicted octanol–water partition coefficient (Wildman–Crippen LogP) is 3.10. The number of rotatable bonds is 1. The molecular formula is C15H24O2. The molecule has 2 saturated carbocycles. The van der Waals surface area contributed by atoms with Gasteiger partial charge in [-0.15, -0.1) is 0 Å². The predicted molar refractivity (Wildman–Crippen MR) is 68.6 cm³/mol. The smallest absolute Gasteiger partial charge is 0.158 e. The maximum Gasteiger partial charge on any atom is 0.158 e. The van der Waals surface area contributed by atoms with Crippen LogP contribution in [0.25, 0.3) is 0 Å². The lowest BCUT2D eigenvalue weighted by Gasteiger charge is -2.50. The Morgan fingerprint density at radius 2 is 2.06 bits per heavy atom. The zero-order valence-corrected chi connectivity index (χ0v) is 11.3. The fourth-order valence-corrected chi connectivity index (χ4v) is 3.62. The SMILES string of the molecule is C=C1C(=O)CC[C@]2(C)CC[C@@H](C(C)(C)O)CC12. The van der Waals surface area contributed by atoms with Crippen molar-refractivity contribution in [3.63, 3.8) is 0 Å². The van der Waals surface area contributed by atoms with E-state index in [0.717, 1.165) is 31.3 Å². The van der Waals surface area contributed by atoms with Gasteiger partial charge in [-0.25, -0.2) is 0 Å². The van der Waals surface area contributed by atoms with Crippen LogP contribution < -0.4 is 0 Å². The highest BCUT2D eigenvalue weighted by Crippen LogP contribution is 2.53. The van der Waals surface area contributed by atoms with Gasteiger partial charge in [0.05, 0.1) is 5.60 Å². The van der Waals surface area contributed by atoms with Gasteiger partial charge in [0.25, 0.3) is 0 Å². The average Bonchev–Trinajstić information content (AvgIpc) is 2.22. The minimum Gasteiger partial charge on any atom is -0.390 e. The van der Waals surface area contributed by atoms with Crippen molar-refractivity contribution in [2.45, 2.75) is 58.5 Å². The van der Waals surface area contributed by atoms with Crippen LogP contribution in [0.15, 0.2) is 12.2 Å². The number of aliphatic hydroxyl groups is 1. The number of allylic oxidation sites excluding steroid dienone is 1. The lowest BCUT2D eigenvalue weighted by molar-refractivity contribution is -0.121. The average molecular weight is 236 g/mol. The van der Waals surface area contributed by atoms with Crippen molar-refractivity contribution in [3.05, 3.63) is 12.2 Å². The van der Waals surface area contributed by atoms with Gasteiger partial charge in [0.1, 0.15) is 0 Å². The van der Waals surface area contributed by atoms with Crippen molar-refractivity contribution in [3.8, 4) is 0 Å². The van der Waals surface area contributed by atoms with Crippen LogP contribution in [-0.4, -0.2) is 16.5 Å². The van der Waals surface area contributed by atoms with Gasteiger partial charge in [-0.3, -0.25) is 4.79 Å². The van der Waals surface area contributed by atoms with Crippen molar-refractivity contribution < 1.29 is 9.90 Å². The number of carbonyl (C=O) groups excluding carboxylic acids is 1. The van der Waals surface area contributed by atoms with E-state index in [4.69, 9.17) is 0 Å². The molecule has 0 aromatic heterocycles. The lowest BCUT2D eigenvalue weighted by Crippen LogP contribution is -2.45. The number of carbonyl (C=O) groups is 1. The molecule has 2 aliphatic carbocycles. The van der Waals surface area contributed by atoms with Crippen LogP contribution in [-0.2, 0) is 4.79 Å². The lowest BCUT2D eigenvalue weighted by atomic mass is 9.55. The maximum absolute atomic E-state index is 11.8. The van der Waals surface area contributed by atoms with E-state index in [0.29, 0.717) is 12.3 Å². The number of hydrogen-bond donors (Lipinski definition) is 1. The first-order valence-corrected chi connectivity index (χ1v) is 6.68. The monoisotopic (exact) mass is 236 g/mol. The van der Waals surface area contributed by atoms with Crippen LogP contribution in [0, 0.1) is 17.3 Å². The summed E-state index contributed by atoms with van der Waals surface area (Å²) in [5, 5.41) is 10.2. The van der Waals surface area contributed by atoms with Crippen molar-refractivity contribution in [2.75, 3.05) is 0 Å². The summed E-state index contributed by atoms with van der Waals surface area (Å²) in [5.41, 5.74) is 0.419. The van der Waals surface area contributed by atoms with E-state index in [-0.39, 0.29) is 17.1 Å². The molecule has 2 heteroatoms. The fourth-order valence-electron chi connectivity index (χ4n) is 3.62. The zero-order valence-electron chi connectivity index (χ0n) is 11.3. The number of hydrogen-bond acceptors (Lipinski definition) is 2. The van der Waals surface area contributed by atoms with E-state index in [9.17, 15) is 9.90 Å². The molecule has 0 bridgehead atoms. The second kappa shape index (κ2) is 3.94. The van der Waals surface area contributed by atoms with Gasteiger partial charge in [0, 0.05) is 6.42 Å². The second-order valence-electron chi connectivity index (χ2n) is 6.78.